The molecule has 4 aromatic rings. The van der Waals surface area contributed by atoms with Crippen LogP contribution in [0.2, 0.25) is 10.0 Å². The van der Waals surface area contributed by atoms with E-state index < -0.39 is 17.3 Å². The van der Waals surface area contributed by atoms with Crippen LogP contribution in [-0.4, -0.2) is 15.6 Å². The van der Waals surface area contributed by atoms with E-state index in [1.54, 1.807) is 48.5 Å². The summed E-state index contributed by atoms with van der Waals surface area (Å²) in [5.74, 6) is -1.03. The number of nitrogens with one attached hydrogen (secondary N) is 1. The monoisotopic (exact) mass is 427 g/mol. The summed E-state index contributed by atoms with van der Waals surface area (Å²) in [5.41, 5.74) is 3.13. The number of aromatic nitrogens is 2. The van der Waals surface area contributed by atoms with Gasteiger partial charge in [0.15, 0.2) is 5.82 Å². The molecule has 0 atom stereocenters. The van der Waals surface area contributed by atoms with Crippen LogP contribution in [0.15, 0.2) is 71.5 Å². The number of benzene rings is 3. The van der Waals surface area contributed by atoms with E-state index in [0.717, 1.165) is 16.8 Å². The summed E-state index contributed by atoms with van der Waals surface area (Å²) in [6.45, 7) is 0. The van der Waals surface area contributed by atoms with Gasteiger partial charge in [-0.15, -0.1) is 0 Å². The first-order valence-electron chi connectivity index (χ1n) is 8.48. The zero-order valence-electron chi connectivity index (χ0n) is 14.7. The van der Waals surface area contributed by atoms with Gasteiger partial charge in [-0.25, -0.2) is 9.37 Å². The Balaban J connectivity index is 1.88. The summed E-state index contributed by atoms with van der Waals surface area (Å²) in [5, 5.41) is 0.777. The highest BCUT2D eigenvalue weighted by molar-refractivity contribution is 6.34. The number of fused-ring (bicyclic) bond motifs is 1. The number of carbonyl (C=O) groups excluding carboxylic acids is 1. The third-order valence-corrected chi connectivity index (χ3v) is 4.83. The van der Waals surface area contributed by atoms with Gasteiger partial charge in [0.2, 0.25) is 0 Å². The van der Waals surface area contributed by atoms with Crippen LogP contribution in [0.25, 0.3) is 22.3 Å². The van der Waals surface area contributed by atoms with Crippen molar-refractivity contribution in [2.24, 2.45) is 0 Å². The molecule has 0 aliphatic heterocycles. The first-order chi connectivity index (χ1) is 13.9. The molecule has 1 amide bonds. The third kappa shape index (κ3) is 3.72. The number of para-hydroxylation sites is 1. The summed E-state index contributed by atoms with van der Waals surface area (Å²) in [6.07, 6.45) is 0. The summed E-state index contributed by atoms with van der Waals surface area (Å²) in [6, 6.07) is 16.9. The molecule has 144 valence electrons. The van der Waals surface area contributed by atoms with E-state index in [1.165, 1.54) is 6.07 Å². The molecule has 0 saturated heterocycles. The van der Waals surface area contributed by atoms with Gasteiger partial charge in [-0.1, -0.05) is 35.3 Å². The van der Waals surface area contributed by atoms with Gasteiger partial charge in [-0.3, -0.25) is 15.0 Å². The molecular formula is C21H12Cl2FN3O2. The van der Waals surface area contributed by atoms with E-state index in [-0.39, 0.29) is 16.4 Å². The number of nitrogens with zero attached hydrogens (tertiary/aromatic N) is 2. The van der Waals surface area contributed by atoms with Gasteiger partial charge in [0.05, 0.1) is 21.5 Å². The Morgan fingerprint density at radius 1 is 1.00 bits per heavy atom. The van der Waals surface area contributed by atoms with Crippen molar-refractivity contribution in [2.75, 3.05) is 5.43 Å². The molecule has 29 heavy (non-hydrogen) atoms. The standard InChI is InChI=1S/C21H12Cl2FN3O2/c22-13-7-5-12(6-8-13)19-25-18-4-2-1-3-16(18)21(29)27(19)26-20(28)15-10-9-14(24)11-17(15)23/h1-11H,(H,26,28). The predicted molar refractivity (Wildman–Crippen MR) is 112 cm³/mol. The zero-order chi connectivity index (χ0) is 20.5. The molecule has 0 aliphatic rings. The number of hydrogen-bond acceptors (Lipinski definition) is 3. The molecule has 5 nitrogen and oxygen atoms in total. The van der Waals surface area contributed by atoms with Crippen LogP contribution in [0.4, 0.5) is 4.39 Å². The fourth-order valence-corrected chi connectivity index (χ4v) is 3.24. The molecular weight excluding hydrogens is 416 g/mol. The van der Waals surface area contributed by atoms with E-state index >= 15 is 0 Å². The average molecular weight is 428 g/mol. The molecule has 1 heterocycles. The summed E-state index contributed by atoms with van der Waals surface area (Å²) >= 11 is 11.9. The largest absolute Gasteiger partial charge is 0.280 e. The average Bonchev–Trinajstić information content (AvgIpc) is 2.70. The van der Waals surface area contributed by atoms with Crippen LogP contribution < -0.4 is 11.0 Å². The second kappa shape index (κ2) is 7.66. The lowest BCUT2D eigenvalue weighted by Crippen LogP contribution is -2.35. The maximum atomic E-state index is 13.3. The summed E-state index contributed by atoms with van der Waals surface area (Å²) < 4.78 is 14.4. The maximum absolute atomic E-state index is 13.3. The van der Waals surface area contributed by atoms with Gasteiger partial charge in [-0.2, -0.15) is 4.68 Å². The first-order valence-corrected chi connectivity index (χ1v) is 9.24. The molecule has 0 unspecified atom stereocenters. The number of halogens is 3. The third-order valence-electron chi connectivity index (χ3n) is 4.27. The van der Waals surface area contributed by atoms with E-state index in [0.29, 0.717) is 21.5 Å². The second-order valence-electron chi connectivity index (χ2n) is 6.17. The lowest BCUT2D eigenvalue weighted by Gasteiger charge is -2.15. The van der Waals surface area contributed by atoms with E-state index in [2.05, 4.69) is 10.4 Å². The van der Waals surface area contributed by atoms with Crippen molar-refractivity contribution >= 4 is 40.0 Å². The maximum Gasteiger partial charge on any atom is 0.280 e. The van der Waals surface area contributed by atoms with Gasteiger partial charge >= 0.3 is 0 Å². The van der Waals surface area contributed by atoms with Crippen LogP contribution in [0.5, 0.6) is 0 Å². The van der Waals surface area contributed by atoms with Crippen molar-refractivity contribution in [3.8, 4) is 11.4 Å². The van der Waals surface area contributed by atoms with Crippen molar-refractivity contribution in [3.63, 3.8) is 0 Å². The van der Waals surface area contributed by atoms with Crippen LogP contribution in [0, 0.1) is 5.82 Å². The van der Waals surface area contributed by atoms with Gasteiger partial charge in [-0.05, 0) is 54.6 Å². The lowest BCUT2D eigenvalue weighted by molar-refractivity contribution is 0.101. The molecule has 0 radical (unpaired) electrons. The van der Waals surface area contributed by atoms with Gasteiger partial charge < -0.3 is 0 Å². The van der Waals surface area contributed by atoms with Crippen LogP contribution in [-0.2, 0) is 0 Å². The molecule has 3 aromatic carbocycles. The molecule has 0 aliphatic carbocycles. The van der Waals surface area contributed by atoms with E-state index in [9.17, 15) is 14.0 Å². The van der Waals surface area contributed by atoms with Gasteiger partial charge in [0, 0.05) is 10.6 Å². The highest BCUT2D eigenvalue weighted by Crippen LogP contribution is 2.22. The fourth-order valence-electron chi connectivity index (χ4n) is 2.86. The molecule has 0 saturated carbocycles. The molecule has 1 aromatic heterocycles. The Morgan fingerprint density at radius 2 is 1.72 bits per heavy atom. The quantitative estimate of drug-likeness (QED) is 0.505. The molecule has 4 rings (SSSR count). The highest BCUT2D eigenvalue weighted by Gasteiger charge is 2.17. The number of amides is 1. The predicted octanol–water partition coefficient (Wildman–Crippen LogP) is 4.89. The van der Waals surface area contributed by atoms with E-state index in [1.807, 2.05) is 0 Å². The lowest BCUT2D eigenvalue weighted by atomic mass is 10.2. The Morgan fingerprint density at radius 3 is 2.45 bits per heavy atom. The zero-order valence-corrected chi connectivity index (χ0v) is 16.2. The SMILES string of the molecule is O=C(Nn1c(-c2ccc(Cl)cc2)nc2ccccc2c1=O)c1ccc(F)cc1Cl. The van der Waals surface area contributed by atoms with E-state index in [4.69, 9.17) is 23.2 Å². The minimum absolute atomic E-state index is 0.0233. The van der Waals surface area contributed by atoms with Crippen molar-refractivity contribution in [1.29, 1.82) is 0 Å². The van der Waals surface area contributed by atoms with Gasteiger partial charge in [0.1, 0.15) is 5.82 Å². The van der Waals surface area contributed by atoms with Crippen LogP contribution in [0.3, 0.4) is 0 Å². The normalized spacial score (nSPS) is 10.9. The molecule has 0 fully saturated rings. The highest BCUT2D eigenvalue weighted by atomic mass is 35.5. The summed E-state index contributed by atoms with van der Waals surface area (Å²) in [7, 11) is 0. The Labute approximate surface area is 174 Å². The number of hydrogen-bond donors (Lipinski definition) is 1. The molecule has 1 N–H and O–H groups in total. The Bertz CT molecular complexity index is 1300. The van der Waals surface area contributed by atoms with Crippen molar-refractivity contribution in [1.82, 2.24) is 9.66 Å². The minimum Gasteiger partial charge on any atom is -0.267 e. The first kappa shape index (κ1) is 19.1. The number of rotatable bonds is 3. The smallest absolute Gasteiger partial charge is 0.267 e. The van der Waals surface area contributed by atoms with Crippen LogP contribution in [0.1, 0.15) is 10.4 Å². The Hall–Kier alpha value is -3.22. The van der Waals surface area contributed by atoms with Crippen molar-refractivity contribution in [2.45, 2.75) is 0 Å². The molecule has 0 bridgehead atoms. The molecule has 0 spiro atoms. The van der Waals surface area contributed by atoms with Crippen molar-refractivity contribution in [3.05, 3.63) is 98.5 Å². The second-order valence-corrected chi connectivity index (χ2v) is 7.01. The Kier molecular flexibility index (Phi) is 5.05. The molecule has 8 heteroatoms. The fraction of sp³-hybridized carbons (Fsp3) is 0. The van der Waals surface area contributed by atoms with Gasteiger partial charge in [0.25, 0.3) is 11.5 Å². The number of carbonyl (C=O) groups is 1. The summed E-state index contributed by atoms with van der Waals surface area (Å²) in [4.78, 5) is 30.4. The topological polar surface area (TPSA) is 64.0 Å². The minimum atomic E-state index is -0.676. The van der Waals surface area contributed by atoms with Crippen LogP contribution >= 0.6 is 23.2 Å². The van der Waals surface area contributed by atoms with Crippen molar-refractivity contribution < 1.29 is 9.18 Å².